The normalized spacial score (nSPS) is 15.0. The van der Waals surface area contributed by atoms with Crippen LogP contribution in [-0.2, 0) is 0 Å². The molecule has 0 saturated carbocycles. The van der Waals surface area contributed by atoms with E-state index in [2.05, 4.69) is 36.3 Å². The summed E-state index contributed by atoms with van der Waals surface area (Å²) >= 11 is 0. The summed E-state index contributed by atoms with van der Waals surface area (Å²) in [6, 6.07) is 6.67. The molecule has 17 heavy (non-hydrogen) atoms. The average molecular weight is 232 g/mol. The van der Waals surface area contributed by atoms with Crippen LogP contribution in [0.25, 0.3) is 5.65 Å². The number of nitrogens with one attached hydrogen (secondary N) is 1. The van der Waals surface area contributed by atoms with Crippen LogP contribution in [0.15, 0.2) is 24.4 Å². The van der Waals surface area contributed by atoms with E-state index in [0.29, 0.717) is 6.04 Å². The third-order valence-corrected chi connectivity index (χ3v) is 2.98. The first-order chi connectivity index (χ1) is 8.22. The SMILES string of the molecule is CCC[C@H](C)N[C@H](C)c1nnc2ccccn12. The van der Waals surface area contributed by atoms with Gasteiger partial charge in [0.05, 0.1) is 6.04 Å². The maximum Gasteiger partial charge on any atom is 0.160 e. The molecule has 2 aromatic heterocycles. The van der Waals surface area contributed by atoms with Crippen LogP contribution in [0.1, 0.15) is 45.5 Å². The minimum atomic E-state index is 0.217. The van der Waals surface area contributed by atoms with Crippen molar-refractivity contribution in [3.8, 4) is 0 Å². The van der Waals surface area contributed by atoms with E-state index in [1.54, 1.807) is 0 Å². The van der Waals surface area contributed by atoms with Gasteiger partial charge in [-0.1, -0.05) is 19.4 Å². The zero-order valence-electron chi connectivity index (χ0n) is 10.7. The molecule has 0 spiro atoms. The van der Waals surface area contributed by atoms with Gasteiger partial charge in [-0.15, -0.1) is 10.2 Å². The fourth-order valence-corrected chi connectivity index (χ4v) is 2.17. The van der Waals surface area contributed by atoms with Crippen LogP contribution in [-0.4, -0.2) is 20.6 Å². The highest BCUT2D eigenvalue weighted by atomic mass is 15.3. The molecular weight excluding hydrogens is 212 g/mol. The molecule has 0 aliphatic rings. The van der Waals surface area contributed by atoms with E-state index in [-0.39, 0.29) is 6.04 Å². The summed E-state index contributed by atoms with van der Waals surface area (Å²) < 4.78 is 2.04. The van der Waals surface area contributed by atoms with E-state index in [1.165, 1.54) is 12.8 Å². The lowest BCUT2D eigenvalue weighted by molar-refractivity contribution is 0.438. The van der Waals surface area contributed by atoms with Crippen molar-refractivity contribution in [3.05, 3.63) is 30.2 Å². The number of fused-ring (bicyclic) bond motifs is 1. The van der Waals surface area contributed by atoms with E-state index in [9.17, 15) is 0 Å². The maximum atomic E-state index is 4.26. The van der Waals surface area contributed by atoms with Gasteiger partial charge in [0, 0.05) is 12.2 Å². The Bertz CT molecular complexity index is 477. The van der Waals surface area contributed by atoms with E-state index >= 15 is 0 Å². The van der Waals surface area contributed by atoms with Crippen LogP contribution in [0.3, 0.4) is 0 Å². The van der Waals surface area contributed by atoms with Crippen molar-refractivity contribution < 1.29 is 0 Å². The van der Waals surface area contributed by atoms with Gasteiger partial charge in [-0.25, -0.2) is 0 Å². The van der Waals surface area contributed by atoms with Crippen molar-refractivity contribution in [3.63, 3.8) is 0 Å². The summed E-state index contributed by atoms with van der Waals surface area (Å²) in [4.78, 5) is 0. The highest BCUT2D eigenvalue weighted by Crippen LogP contribution is 2.13. The van der Waals surface area contributed by atoms with Crippen LogP contribution >= 0.6 is 0 Å². The predicted molar refractivity (Wildman–Crippen MR) is 68.9 cm³/mol. The van der Waals surface area contributed by atoms with Gasteiger partial charge >= 0.3 is 0 Å². The molecule has 0 aliphatic carbocycles. The van der Waals surface area contributed by atoms with Crippen molar-refractivity contribution in [2.24, 2.45) is 0 Å². The first-order valence-corrected chi connectivity index (χ1v) is 6.28. The molecule has 0 aromatic carbocycles. The van der Waals surface area contributed by atoms with Crippen LogP contribution in [0.2, 0.25) is 0 Å². The second-order valence-corrected chi connectivity index (χ2v) is 4.57. The lowest BCUT2D eigenvalue weighted by atomic mass is 10.1. The summed E-state index contributed by atoms with van der Waals surface area (Å²) in [5.74, 6) is 0.976. The van der Waals surface area contributed by atoms with E-state index in [0.717, 1.165) is 11.5 Å². The summed E-state index contributed by atoms with van der Waals surface area (Å²) in [6.07, 6.45) is 4.38. The van der Waals surface area contributed by atoms with Gasteiger partial charge in [0.1, 0.15) is 0 Å². The molecule has 0 unspecified atom stereocenters. The predicted octanol–water partition coefficient (Wildman–Crippen LogP) is 2.57. The van der Waals surface area contributed by atoms with Crippen LogP contribution in [0.4, 0.5) is 0 Å². The first kappa shape index (κ1) is 12.0. The van der Waals surface area contributed by atoms with Crippen molar-refractivity contribution in [1.29, 1.82) is 0 Å². The molecule has 92 valence electrons. The molecule has 2 aromatic rings. The quantitative estimate of drug-likeness (QED) is 0.861. The summed E-state index contributed by atoms with van der Waals surface area (Å²) in [6.45, 7) is 6.55. The van der Waals surface area contributed by atoms with E-state index in [1.807, 2.05) is 28.8 Å². The van der Waals surface area contributed by atoms with Gasteiger partial charge in [-0.2, -0.15) is 0 Å². The van der Waals surface area contributed by atoms with Crippen molar-refractivity contribution in [2.75, 3.05) is 0 Å². The Morgan fingerprint density at radius 3 is 2.88 bits per heavy atom. The van der Waals surface area contributed by atoms with Crippen LogP contribution in [0.5, 0.6) is 0 Å². The molecule has 1 N–H and O–H groups in total. The fourth-order valence-electron chi connectivity index (χ4n) is 2.17. The van der Waals surface area contributed by atoms with Gasteiger partial charge in [-0.3, -0.25) is 4.40 Å². The van der Waals surface area contributed by atoms with E-state index in [4.69, 9.17) is 0 Å². The Morgan fingerprint density at radius 1 is 1.29 bits per heavy atom. The second kappa shape index (κ2) is 5.27. The molecule has 0 bridgehead atoms. The second-order valence-electron chi connectivity index (χ2n) is 4.57. The average Bonchev–Trinajstić information content (AvgIpc) is 2.72. The van der Waals surface area contributed by atoms with Crippen LogP contribution in [0, 0.1) is 0 Å². The van der Waals surface area contributed by atoms with Crippen molar-refractivity contribution in [1.82, 2.24) is 19.9 Å². The third kappa shape index (κ3) is 2.64. The topological polar surface area (TPSA) is 42.2 Å². The van der Waals surface area contributed by atoms with Crippen LogP contribution < -0.4 is 5.32 Å². The Morgan fingerprint density at radius 2 is 2.12 bits per heavy atom. The summed E-state index contributed by atoms with van der Waals surface area (Å²) in [5.41, 5.74) is 0.902. The number of hydrogen-bond donors (Lipinski definition) is 1. The zero-order chi connectivity index (χ0) is 12.3. The number of rotatable bonds is 5. The standard InChI is InChI=1S/C13H20N4/c1-4-7-10(2)14-11(3)13-16-15-12-8-5-6-9-17(12)13/h5-6,8-11,14H,4,7H2,1-3H3/t10-,11+/m0/s1. The lowest BCUT2D eigenvalue weighted by Gasteiger charge is -2.18. The lowest BCUT2D eigenvalue weighted by Crippen LogP contribution is -2.29. The number of aromatic nitrogens is 3. The van der Waals surface area contributed by atoms with Gasteiger partial charge in [-0.05, 0) is 32.4 Å². The molecular formula is C13H20N4. The van der Waals surface area contributed by atoms with Crippen molar-refractivity contribution >= 4 is 5.65 Å². The monoisotopic (exact) mass is 232 g/mol. The Hall–Kier alpha value is -1.42. The Balaban J connectivity index is 2.16. The Kier molecular flexibility index (Phi) is 3.74. The van der Waals surface area contributed by atoms with Gasteiger partial charge in [0.15, 0.2) is 11.5 Å². The summed E-state index contributed by atoms with van der Waals surface area (Å²) in [5, 5.41) is 12.0. The minimum Gasteiger partial charge on any atom is -0.305 e. The molecule has 0 saturated heterocycles. The molecule has 4 heteroatoms. The molecule has 0 radical (unpaired) electrons. The molecule has 0 aliphatic heterocycles. The summed E-state index contributed by atoms with van der Waals surface area (Å²) in [7, 11) is 0. The number of pyridine rings is 1. The molecule has 4 nitrogen and oxygen atoms in total. The third-order valence-electron chi connectivity index (χ3n) is 2.98. The number of hydrogen-bond acceptors (Lipinski definition) is 3. The number of nitrogens with zero attached hydrogens (tertiary/aromatic N) is 3. The molecule has 2 heterocycles. The molecule has 2 rings (SSSR count). The molecule has 0 amide bonds. The van der Waals surface area contributed by atoms with E-state index < -0.39 is 0 Å². The van der Waals surface area contributed by atoms with Gasteiger partial charge in [0.25, 0.3) is 0 Å². The zero-order valence-corrected chi connectivity index (χ0v) is 10.7. The minimum absolute atomic E-state index is 0.217. The smallest absolute Gasteiger partial charge is 0.160 e. The largest absolute Gasteiger partial charge is 0.305 e. The Labute approximate surface area is 102 Å². The maximum absolute atomic E-state index is 4.26. The fraction of sp³-hybridized carbons (Fsp3) is 0.538. The van der Waals surface area contributed by atoms with Crippen molar-refractivity contribution in [2.45, 2.75) is 45.7 Å². The first-order valence-electron chi connectivity index (χ1n) is 6.28. The highest BCUT2D eigenvalue weighted by Gasteiger charge is 2.14. The van der Waals surface area contributed by atoms with Gasteiger partial charge < -0.3 is 5.32 Å². The van der Waals surface area contributed by atoms with Gasteiger partial charge in [0.2, 0.25) is 0 Å². The molecule has 0 fully saturated rings. The highest BCUT2D eigenvalue weighted by molar-refractivity contribution is 5.37. The molecule has 2 atom stereocenters.